The summed E-state index contributed by atoms with van der Waals surface area (Å²) in [6, 6.07) is 14.1. The van der Waals surface area contributed by atoms with Gasteiger partial charge in [-0.15, -0.1) is 0 Å². The van der Waals surface area contributed by atoms with E-state index in [1.165, 1.54) is 12.1 Å². The van der Waals surface area contributed by atoms with E-state index in [1.807, 2.05) is 48.2 Å². The van der Waals surface area contributed by atoms with Gasteiger partial charge in [0, 0.05) is 23.0 Å². The number of nitrogens with one attached hydrogen (secondary N) is 2. The van der Waals surface area contributed by atoms with Gasteiger partial charge >= 0.3 is 0 Å². The molecule has 0 fully saturated rings. The van der Waals surface area contributed by atoms with E-state index in [0.717, 1.165) is 35.7 Å². The van der Waals surface area contributed by atoms with Crippen LogP contribution in [0.15, 0.2) is 48.5 Å². The zero-order chi connectivity index (χ0) is 16.5. The van der Waals surface area contributed by atoms with Crippen LogP contribution in [0.3, 0.4) is 0 Å². The van der Waals surface area contributed by atoms with Crippen LogP contribution in [0.1, 0.15) is 12.0 Å². The molecule has 0 aliphatic rings. The fraction of sp³-hybridized carbons (Fsp3) is 0.235. The van der Waals surface area contributed by atoms with Crippen molar-refractivity contribution >= 4 is 46.4 Å². The standard InChI is InChI=1S/C17H18ClFN2S2/c18-14-3-1-4-16(11-14)21-17(22)20-9-2-10-23-12-13-5-7-15(19)8-6-13/h1,3-8,11H,2,9-10,12H2,(H2,20,21,22). The maximum Gasteiger partial charge on any atom is 0.170 e. The van der Waals surface area contributed by atoms with Crippen LogP contribution in [0, 0.1) is 5.82 Å². The summed E-state index contributed by atoms with van der Waals surface area (Å²) >= 11 is 13.0. The molecule has 6 heteroatoms. The Balaban J connectivity index is 1.56. The van der Waals surface area contributed by atoms with Gasteiger partial charge in [0.05, 0.1) is 0 Å². The molecule has 0 aliphatic heterocycles. The SMILES string of the molecule is Fc1ccc(CSCCCNC(=S)Nc2cccc(Cl)c2)cc1. The molecule has 0 unspecified atom stereocenters. The maximum absolute atomic E-state index is 12.8. The number of rotatable bonds is 7. The fourth-order valence-corrected chi connectivity index (χ4v) is 3.22. The van der Waals surface area contributed by atoms with Gasteiger partial charge in [0.25, 0.3) is 0 Å². The molecular weight excluding hydrogens is 351 g/mol. The van der Waals surface area contributed by atoms with Crippen LogP contribution in [0.4, 0.5) is 10.1 Å². The first kappa shape index (κ1) is 18.0. The lowest BCUT2D eigenvalue weighted by Crippen LogP contribution is -2.29. The third kappa shape index (κ3) is 7.20. The van der Waals surface area contributed by atoms with Crippen molar-refractivity contribution in [2.45, 2.75) is 12.2 Å². The van der Waals surface area contributed by atoms with E-state index in [4.69, 9.17) is 23.8 Å². The lowest BCUT2D eigenvalue weighted by molar-refractivity contribution is 0.627. The number of thiocarbonyl (C=S) groups is 1. The van der Waals surface area contributed by atoms with Crippen molar-refractivity contribution in [2.75, 3.05) is 17.6 Å². The average molecular weight is 369 g/mol. The molecule has 0 saturated carbocycles. The molecule has 0 bridgehead atoms. The van der Waals surface area contributed by atoms with E-state index >= 15 is 0 Å². The number of thioether (sulfide) groups is 1. The van der Waals surface area contributed by atoms with Crippen molar-refractivity contribution in [3.63, 3.8) is 0 Å². The van der Waals surface area contributed by atoms with Crippen LogP contribution in [0.2, 0.25) is 5.02 Å². The molecule has 0 spiro atoms. The molecule has 0 amide bonds. The molecule has 0 radical (unpaired) electrons. The summed E-state index contributed by atoms with van der Waals surface area (Å²) < 4.78 is 12.8. The highest BCUT2D eigenvalue weighted by Crippen LogP contribution is 2.15. The Hall–Kier alpha value is -1.30. The van der Waals surface area contributed by atoms with Crippen LogP contribution in [-0.4, -0.2) is 17.4 Å². The number of hydrogen-bond acceptors (Lipinski definition) is 2. The summed E-state index contributed by atoms with van der Waals surface area (Å²) in [5.41, 5.74) is 2.02. The normalized spacial score (nSPS) is 10.3. The Morgan fingerprint density at radius 3 is 2.70 bits per heavy atom. The molecule has 122 valence electrons. The molecule has 0 heterocycles. The maximum atomic E-state index is 12.8. The highest BCUT2D eigenvalue weighted by atomic mass is 35.5. The lowest BCUT2D eigenvalue weighted by atomic mass is 10.2. The van der Waals surface area contributed by atoms with E-state index in [0.29, 0.717) is 10.1 Å². The molecule has 2 N–H and O–H groups in total. The van der Waals surface area contributed by atoms with Crippen LogP contribution in [0.5, 0.6) is 0 Å². The van der Waals surface area contributed by atoms with Crippen molar-refractivity contribution in [1.82, 2.24) is 5.32 Å². The number of hydrogen-bond donors (Lipinski definition) is 2. The highest BCUT2D eigenvalue weighted by Gasteiger charge is 1.99. The summed E-state index contributed by atoms with van der Waals surface area (Å²) in [6.45, 7) is 0.808. The van der Waals surface area contributed by atoms with Gasteiger partial charge in [0.2, 0.25) is 0 Å². The topological polar surface area (TPSA) is 24.1 Å². The van der Waals surface area contributed by atoms with E-state index < -0.39 is 0 Å². The van der Waals surface area contributed by atoms with E-state index in [2.05, 4.69) is 10.6 Å². The second-order valence-corrected chi connectivity index (χ2v) is 6.87. The van der Waals surface area contributed by atoms with Gasteiger partial charge < -0.3 is 10.6 Å². The summed E-state index contributed by atoms with van der Waals surface area (Å²) in [5, 5.41) is 7.54. The van der Waals surface area contributed by atoms with Gasteiger partial charge in [-0.05, 0) is 60.3 Å². The lowest BCUT2D eigenvalue weighted by Gasteiger charge is -2.10. The first-order valence-electron chi connectivity index (χ1n) is 7.26. The highest BCUT2D eigenvalue weighted by molar-refractivity contribution is 7.98. The Bertz CT molecular complexity index is 635. The average Bonchev–Trinajstić information content (AvgIpc) is 2.52. The van der Waals surface area contributed by atoms with Crippen LogP contribution < -0.4 is 10.6 Å². The number of benzene rings is 2. The summed E-state index contributed by atoms with van der Waals surface area (Å²) in [6.07, 6.45) is 1.00. The second-order valence-electron chi connectivity index (χ2n) is 4.92. The second kappa shape index (κ2) is 9.75. The first-order valence-corrected chi connectivity index (χ1v) is 9.20. The molecule has 0 aliphatic carbocycles. The van der Waals surface area contributed by atoms with Crippen molar-refractivity contribution in [2.24, 2.45) is 0 Å². The minimum absolute atomic E-state index is 0.191. The molecule has 0 aromatic heterocycles. The smallest absolute Gasteiger partial charge is 0.170 e. The quantitative estimate of drug-likeness (QED) is 0.525. The van der Waals surface area contributed by atoms with Crippen molar-refractivity contribution < 1.29 is 4.39 Å². The van der Waals surface area contributed by atoms with Gasteiger partial charge in [0.15, 0.2) is 5.11 Å². The molecule has 2 rings (SSSR count). The third-order valence-electron chi connectivity index (χ3n) is 3.02. The zero-order valence-electron chi connectivity index (χ0n) is 12.5. The monoisotopic (exact) mass is 368 g/mol. The first-order chi connectivity index (χ1) is 11.1. The van der Waals surface area contributed by atoms with Gasteiger partial charge in [0.1, 0.15) is 5.82 Å². The molecule has 2 aromatic rings. The van der Waals surface area contributed by atoms with Gasteiger partial charge in [-0.25, -0.2) is 4.39 Å². The van der Waals surface area contributed by atoms with Crippen LogP contribution >= 0.6 is 35.6 Å². The Morgan fingerprint density at radius 1 is 1.17 bits per heavy atom. The number of halogens is 2. The van der Waals surface area contributed by atoms with Crippen molar-refractivity contribution in [1.29, 1.82) is 0 Å². The Labute approximate surface area is 150 Å². The van der Waals surface area contributed by atoms with Gasteiger partial charge in [-0.1, -0.05) is 29.8 Å². The van der Waals surface area contributed by atoms with Gasteiger partial charge in [-0.2, -0.15) is 11.8 Å². The van der Waals surface area contributed by atoms with Crippen LogP contribution in [0.25, 0.3) is 0 Å². The molecule has 2 aromatic carbocycles. The Kier molecular flexibility index (Phi) is 7.65. The minimum atomic E-state index is -0.191. The van der Waals surface area contributed by atoms with Crippen molar-refractivity contribution in [3.05, 3.63) is 64.9 Å². The summed E-state index contributed by atoms with van der Waals surface area (Å²) in [4.78, 5) is 0. The van der Waals surface area contributed by atoms with E-state index in [-0.39, 0.29) is 5.82 Å². The molecule has 0 saturated heterocycles. The van der Waals surface area contributed by atoms with Crippen LogP contribution in [-0.2, 0) is 5.75 Å². The van der Waals surface area contributed by atoms with E-state index in [1.54, 1.807) is 0 Å². The molecular formula is C17H18ClFN2S2. The summed E-state index contributed by atoms with van der Waals surface area (Å²) in [7, 11) is 0. The zero-order valence-corrected chi connectivity index (χ0v) is 14.9. The predicted molar refractivity (Wildman–Crippen MR) is 103 cm³/mol. The molecule has 23 heavy (non-hydrogen) atoms. The Morgan fingerprint density at radius 2 is 1.96 bits per heavy atom. The summed E-state index contributed by atoms with van der Waals surface area (Å²) in [5.74, 6) is 1.72. The van der Waals surface area contributed by atoms with Gasteiger partial charge in [-0.3, -0.25) is 0 Å². The predicted octanol–water partition coefficient (Wildman–Crippen LogP) is 5.09. The van der Waals surface area contributed by atoms with Crippen molar-refractivity contribution in [3.8, 4) is 0 Å². The van der Waals surface area contributed by atoms with E-state index in [9.17, 15) is 4.39 Å². The molecule has 0 atom stereocenters. The fourth-order valence-electron chi connectivity index (χ4n) is 1.89. The number of anilines is 1. The minimum Gasteiger partial charge on any atom is -0.362 e. The third-order valence-corrected chi connectivity index (χ3v) is 4.61. The molecule has 2 nitrogen and oxygen atoms in total. The largest absolute Gasteiger partial charge is 0.362 e.